The maximum absolute atomic E-state index is 12.3. The largest absolute Gasteiger partial charge is 0.462 e. The van der Waals surface area contributed by atoms with Gasteiger partial charge in [0.15, 0.2) is 6.10 Å². The second-order valence-electron chi connectivity index (χ2n) is 16.1. The van der Waals surface area contributed by atoms with E-state index in [4.69, 9.17) is 9.47 Å². The Morgan fingerprint density at radius 2 is 0.645 bits per heavy atom. The monoisotopic (exact) mass is 857 g/mol. The molecule has 0 fully saturated rings. The van der Waals surface area contributed by atoms with E-state index in [0.717, 1.165) is 116 Å². The van der Waals surface area contributed by atoms with Crippen molar-refractivity contribution in [3.63, 3.8) is 0 Å². The summed E-state index contributed by atoms with van der Waals surface area (Å²) in [5.41, 5.74) is 0. The molecule has 1 unspecified atom stereocenters. The minimum Gasteiger partial charge on any atom is -0.462 e. The van der Waals surface area contributed by atoms with Crippen molar-refractivity contribution in [3.05, 3.63) is 122 Å². The molecule has 0 saturated heterocycles. The Bertz CT molecular complexity index is 1290. The number of esters is 2. The minimum atomic E-state index is -0.788. The summed E-state index contributed by atoms with van der Waals surface area (Å²) in [5.74, 6) is -0.617. The second-order valence-corrected chi connectivity index (χ2v) is 16.1. The van der Waals surface area contributed by atoms with Crippen LogP contribution in [0.5, 0.6) is 0 Å². The number of aliphatic hydroxyl groups is 1. The Morgan fingerprint density at radius 1 is 0.371 bits per heavy atom. The highest BCUT2D eigenvalue weighted by Gasteiger charge is 2.16. The molecule has 0 bridgehead atoms. The van der Waals surface area contributed by atoms with Gasteiger partial charge in [0, 0.05) is 12.8 Å². The third-order valence-corrected chi connectivity index (χ3v) is 10.3. The molecule has 1 atom stereocenters. The second kappa shape index (κ2) is 51.6. The molecule has 350 valence electrons. The van der Waals surface area contributed by atoms with Crippen LogP contribution in [-0.2, 0) is 19.1 Å². The topological polar surface area (TPSA) is 72.8 Å². The number of unbranched alkanes of at least 4 members (excludes halogenated alkanes) is 16. The average Bonchev–Trinajstić information content (AvgIpc) is 3.28. The van der Waals surface area contributed by atoms with Gasteiger partial charge >= 0.3 is 11.9 Å². The van der Waals surface area contributed by atoms with Crippen molar-refractivity contribution in [1.82, 2.24) is 0 Å². The molecule has 0 amide bonds. The van der Waals surface area contributed by atoms with Gasteiger partial charge in [-0.05, 0) is 103 Å². The van der Waals surface area contributed by atoms with Crippen LogP contribution in [0.3, 0.4) is 0 Å². The highest BCUT2D eigenvalue weighted by Crippen LogP contribution is 2.14. The molecule has 0 aliphatic heterocycles. The lowest BCUT2D eigenvalue weighted by Gasteiger charge is -2.15. The van der Waals surface area contributed by atoms with Crippen molar-refractivity contribution in [1.29, 1.82) is 0 Å². The van der Waals surface area contributed by atoms with Crippen molar-refractivity contribution in [2.45, 2.75) is 213 Å². The van der Waals surface area contributed by atoms with Crippen LogP contribution < -0.4 is 0 Å². The van der Waals surface area contributed by atoms with E-state index in [2.05, 4.69) is 135 Å². The summed E-state index contributed by atoms with van der Waals surface area (Å²) in [6.07, 6.45) is 75.7. The van der Waals surface area contributed by atoms with E-state index in [0.29, 0.717) is 12.8 Å². The van der Waals surface area contributed by atoms with Gasteiger partial charge < -0.3 is 14.6 Å². The Hall–Kier alpha value is -3.70. The SMILES string of the molecule is CC/C=C\C/C=C\C/C=C\C/C=C\C/C=C\C/C=C\C/C=C\CCCCCCCCCCCC(=O)OC(CO)COC(=O)CCCCCCCCC/C=C\C/C=C\C/C=C\CC. The van der Waals surface area contributed by atoms with Gasteiger partial charge in [-0.2, -0.15) is 0 Å². The van der Waals surface area contributed by atoms with Crippen molar-refractivity contribution < 1.29 is 24.2 Å². The van der Waals surface area contributed by atoms with E-state index in [1.807, 2.05) is 0 Å². The van der Waals surface area contributed by atoms with E-state index in [1.165, 1.54) is 64.2 Å². The van der Waals surface area contributed by atoms with E-state index in [1.54, 1.807) is 0 Å². The van der Waals surface area contributed by atoms with Gasteiger partial charge in [-0.15, -0.1) is 0 Å². The molecule has 0 aromatic carbocycles. The molecular weight excluding hydrogens is 765 g/mol. The molecule has 0 rings (SSSR count). The van der Waals surface area contributed by atoms with Crippen LogP contribution in [0.2, 0.25) is 0 Å². The van der Waals surface area contributed by atoms with Gasteiger partial charge in [-0.1, -0.05) is 212 Å². The van der Waals surface area contributed by atoms with Crippen LogP contribution >= 0.6 is 0 Å². The van der Waals surface area contributed by atoms with E-state index >= 15 is 0 Å². The van der Waals surface area contributed by atoms with E-state index < -0.39 is 6.10 Å². The van der Waals surface area contributed by atoms with Crippen LogP contribution in [-0.4, -0.2) is 36.4 Å². The number of hydrogen-bond acceptors (Lipinski definition) is 5. The molecule has 0 aromatic rings. The fraction of sp³-hybridized carbons (Fsp3) is 0.614. The van der Waals surface area contributed by atoms with Gasteiger partial charge in [0.05, 0.1) is 6.61 Å². The first-order valence-corrected chi connectivity index (χ1v) is 25.1. The smallest absolute Gasteiger partial charge is 0.306 e. The lowest BCUT2D eigenvalue weighted by molar-refractivity contribution is -0.161. The Morgan fingerprint density at radius 3 is 0.968 bits per heavy atom. The van der Waals surface area contributed by atoms with Gasteiger partial charge in [-0.3, -0.25) is 9.59 Å². The first-order valence-electron chi connectivity index (χ1n) is 25.1. The molecule has 0 radical (unpaired) electrons. The van der Waals surface area contributed by atoms with Crippen LogP contribution in [0.15, 0.2) is 122 Å². The van der Waals surface area contributed by atoms with Gasteiger partial charge in [0.2, 0.25) is 0 Å². The summed E-state index contributed by atoms with van der Waals surface area (Å²) in [4.78, 5) is 24.4. The molecule has 5 nitrogen and oxygen atoms in total. The summed E-state index contributed by atoms with van der Waals surface area (Å²) in [7, 11) is 0. The number of carbonyl (C=O) groups is 2. The maximum Gasteiger partial charge on any atom is 0.306 e. The lowest BCUT2D eigenvalue weighted by atomic mass is 10.1. The Labute approximate surface area is 382 Å². The van der Waals surface area contributed by atoms with Crippen molar-refractivity contribution >= 4 is 11.9 Å². The van der Waals surface area contributed by atoms with Crippen molar-refractivity contribution in [2.24, 2.45) is 0 Å². The molecule has 62 heavy (non-hydrogen) atoms. The molecule has 0 aliphatic rings. The molecular formula is C57H92O5. The molecule has 0 aliphatic carbocycles. The number of allylic oxidation sites excluding steroid dienone is 20. The Kier molecular flexibility index (Phi) is 48.6. The zero-order valence-corrected chi connectivity index (χ0v) is 39.8. The first-order chi connectivity index (χ1) is 30.6. The number of carbonyl (C=O) groups excluding carboxylic acids is 2. The maximum atomic E-state index is 12.3. The van der Waals surface area contributed by atoms with Crippen LogP contribution in [0.25, 0.3) is 0 Å². The standard InChI is InChI=1S/C57H92O5/c1-3-5-7-9-11-13-15-17-19-21-22-23-24-25-26-27-28-29-30-31-32-33-34-36-38-40-42-44-46-48-50-52-57(60)62-55(53-58)54-61-56(59)51-49-47-45-43-41-39-37-35-20-18-16-14-12-10-8-6-4-2/h5-8,11-14,17-20,22-23,25-26,28-29,31-32,55,58H,3-4,9-10,15-16,21,24,27,30,33-54H2,1-2H3/b7-5-,8-6-,13-11-,14-12-,19-17-,20-18-,23-22-,26-25-,29-28-,32-31-. The van der Waals surface area contributed by atoms with Crippen molar-refractivity contribution in [2.75, 3.05) is 13.2 Å². The highest BCUT2D eigenvalue weighted by molar-refractivity contribution is 5.70. The van der Waals surface area contributed by atoms with Crippen LogP contribution in [0.1, 0.15) is 206 Å². The van der Waals surface area contributed by atoms with Crippen LogP contribution in [0.4, 0.5) is 0 Å². The number of hydrogen-bond donors (Lipinski definition) is 1. The molecule has 0 heterocycles. The number of ether oxygens (including phenoxy) is 2. The molecule has 0 saturated carbocycles. The third-order valence-electron chi connectivity index (χ3n) is 10.3. The summed E-state index contributed by atoms with van der Waals surface area (Å²) in [6, 6.07) is 0. The molecule has 0 aromatic heterocycles. The number of aliphatic hydroxyl groups excluding tert-OH is 1. The van der Waals surface area contributed by atoms with Gasteiger partial charge in [0.1, 0.15) is 6.61 Å². The zero-order chi connectivity index (χ0) is 44.9. The molecule has 5 heteroatoms. The predicted octanol–water partition coefficient (Wildman–Crippen LogP) is 16.7. The number of rotatable bonds is 44. The summed E-state index contributed by atoms with van der Waals surface area (Å²) >= 11 is 0. The summed E-state index contributed by atoms with van der Waals surface area (Å²) in [5, 5.41) is 9.62. The molecule has 1 N–H and O–H groups in total. The van der Waals surface area contributed by atoms with Gasteiger partial charge in [0.25, 0.3) is 0 Å². The normalized spacial score (nSPS) is 13.3. The summed E-state index contributed by atoms with van der Waals surface area (Å²) in [6.45, 7) is 3.89. The van der Waals surface area contributed by atoms with Crippen LogP contribution in [0, 0.1) is 0 Å². The highest BCUT2D eigenvalue weighted by atomic mass is 16.6. The zero-order valence-electron chi connectivity index (χ0n) is 39.8. The van der Waals surface area contributed by atoms with Gasteiger partial charge in [-0.25, -0.2) is 0 Å². The fourth-order valence-corrected chi connectivity index (χ4v) is 6.55. The Balaban J connectivity index is 3.59. The first kappa shape index (κ1) is 58.3. The quantitative estimate of drug-likeness (QED) is 0.0375. The average molecular weight is 857 g/mol. The van der Waals surface area contributed by atoms with E-state index in [9.17, 15) is 14.7 Å². The third kappa shape index (κ3) is 49.0. The minimum absolute atomic E-state index is 0.0806. The summed E-state index contributed by atoms with van der Waals surface area (Å²) < 4.78 is 10.7. The van der Waals surface area contributed by atoms with Crippen molar-refractivity contribution in [3.8, 4) is 0 Å². The van der Waals surface area contributed by atoms with E-state index in [-0.39, 0.29) is 25.2 Å². The fourth-order valence-electron chi connectivity index (χ4n) is 6.55. The lowest BCUT2D eigenvalue weighted by Crippen LogP contribution is -2.28. The molecule has 0 spiro atoms. The predicted molar refractivity (Wildman–Crippen MR) is 269 cm³/mol.